The van der Waals surface area contributed by atoms with Crippen LogP contribution in [0.3, 0.4) is 0 Å². The van der Waals surface area contributed by atoms with Gasteiger partial charge in [-0.05, 0) is 41.6 Å². The molecule has 0 unspecified atom stereocenters. The van der Waals surface area contributed by atoms with Crippen molar-refractivity contribution in [2.24, 2.45) is 11.7 Å². The van der Waals surface area contributed by atoms with Gasteiger partial charge in [0.2, 0.25) is 0 Å². The Kier molecular flexibility index (Phi) is 4.77. The van der Waals surface area contributed by atoms with Gasteiger partial charge in [0, 0.05) is 0 Å². The minimum atomic E-state index is -0.591. The van der Waals surface area contributed by atoms with Crippen LogP contribution in [0.25, 0.3) is 0 Å². The van der Waals surface area contributed by atoms with E-state index in [0.717, 1.165) is 8.58 Å². The molecule has 0 saturated carbocycles. The molecule has 2 amide bonds. The molecule has 0 heterocycles. The highest BCUT2D eigenvalue weighted by Crippen LogP contribution is 2.29. The number of nitrogens with zero attached hydrogens (tertiary/aromatic N) is 1. The van der Waals surface area contributed by atoms with E-state index >= 15 is 0 Å². The maximum Gasteiger partial charge on any atom is 0.350 e. The number of amides is 2. The second kappa shape index (κ2) is 5.87. The Morgan fingerprint density at radius 3 is 2.88 bits per heavy atom. The number of hydrogen-bond donors (Lipinski definition) is 3. The molecule has 5 N–H and O–H groups in total. The molecule has 88 valence electrons. The van der Waals surface area contributed by atoms with Crippen LogP contribution < -0.4 is 26.9 Å². The largest absolute Gasteiger partial charge is 0.493 e. The van der Waals surface area contributed by atoms with Gasteiger partial charge >= 0.3 is 6.03 Å². The summed E-state index contributed by atoms with van der Waals surface area (Å²) in [6.07, 6.45) is 0. The summed E-state index contributed by atoms with van der Waals surface area (Å²) in [7, 11) is 0. The van der Waals surface area contributed by atoms with Gasteiger partial charge in [-0.2, -0.15) is 0 Å². The first-order valence-corrected chi connectivity index (χ1v) is 5.66. The summed E-state index contributed by atoms with van der Waals surface area (Å²) in [6, 6.07) is 4.68. The smallest absolute Gasteiger partial charge is 0.350 e. The highest BCUT2D eigenvalue weighted by molar-refractivity contribution is 14.1. The number of rotatable bonds is 3. The number of urea groups is 1. The van der Waals surface area contributed by atoms with Crippen molar-refractivity contribution in [3.63, 3.8) is 0 Å². The van der Waals surface area contributed by atoms with E-state index in [4.69, 9.17) is 16.4 Å². The molecule has 0 aliphatic carbocycles. The quantitative estimate of drug-likeness (QED) is 0.332. The van der Waals surface area contributed by atoms with Crippen molar-refractivity contribution in [2.75, 3.05) is 11.6 Å². The van der Waals surface area contributed by atoms with Crippen LogP contribution in [0.15, 0.2) is 18.2 Å². The standard InChI is InChI=1S/C9H13IN4O2/c1-2-16-7-5-3-4-6(8(7)10)14(12)9(15)13-11/h3-5H,2,11-12H2,1H3,(H,13,15). The van der Waals surface area contributed by atoms with Gasteiger partial charge in [0.15, 0.2) is 0 Å². The van der Waals surface area contributed by atoms with Gasteiger partial charge in [-0.25, -0.2) is 21.5 Å². The number of nitrogens with one attached hydrogen (secondary N) is 1. The van der Waals surface area contributed by atoms with Crippen LogP contribution in [0.1, 0.15) is 6.92 Å². The lowest BCUT2D eigenvalue weighted by Crippen LogP contribution is -2.48. The molecule has 0 aromatic heterocycles. The van der Waals surface area contributed by atoms with E-state index < -0.39 is 6.03 Å². The summed E-state index contributed by atoms with van der Waals surface area (Å²) in [5, 5.41) is 0.935. The van der Waals surface area contributed by atoms with E-state index in [1.165, 1.54) is 0 Å². The summed E-state index contributed by atoms with van der Waals surface area (Å²) >= 11 is 2.06. The maximum atomic E-state index is 11.3. The minimum absolute atomic E-state index is 0.537. The van der Waals surface area contributed by atoms with Crippen molar-refractivity contribution in [3.8, 4) is 5.75 Å². The Morgan fingerprint density at radius 1 is 1.62 bits per heavy atom. The van der Waals surface area contributed by atoms with Crippen LogP contribution in [-0.2, 0) is 0 Å². The van der Waals surface area contributed by atoms with Gasteiger partial charge in [-0.1, -0.05) is 6.07 Å². The third-order valence-electron chi connectivity index (χ3n) is 1.84. The van der Waals surface area contributed by atoms with Crippen molar-refractivity contribution in [1.82, 2.24) is 5.43 Å². The first kappa shape index (κ1) is 13.0. The molecule has 0 spiro atoms. The number of carbonyl (C=O) groups is 1. The zero-order valence-corrected chi connectivity index (χ0v) is 10.9. The molecule has 6 nitrogen and oxygen atoms in total. The molecule has 0 atom stereocenters. The molecule has 1 aromatic carbocycles. The Bertz CT molecular complexity index is 386. The van der Waals surface area contributed by atoms with Crippen LogP contribution in [0.5, 0.6) is 5.75 Å². The van der Waals surface area contributed by atoms with Crippen LogP contribution in [0, 0.1) is 3.57 Å². The fraction of sp³-hybridized carbons (Fsp3) is 0.222. The lowest BCUT2D eigenvalue weighted by Gasteiger charge is -2.18. The zero-order chi connectivity index (χ0) is 12.1. The summed E-state index contributed by atoms with van der Waals surface area (Å²) in [4.78, 5) is 11.3. The lowest BCUT2D eigenvalue weighted by molar-refractivity contribution is 0.246. The van der Waals surface area contributed by atoms with Crippen molar-refractivity contribution in [2.45, 2.75) is 6.92 Å². The predicted molar refractivity (Wildman–Crippen MR) is 69.7 cm³/mol. The molecule has 0 aliphatic heterocycles. The third kappa shape index (κ3) is 2.74. The van der Waals surface area contributed by atoms with Crippen molar-refractivity contribution >= 4 is 34.3 Å². The van der Waals surface area contributed by atoms with Gasteiger partial charge in [0.25, 0.3) is 0 Å². The molecule has 0 saturated heterocycles. The molecule has 1 rings (SSSR count). The Balaban J connectivity index is 3.05. The Hall–Kier alpha value is -1.06. The number of ether oxygens (including phenoxy) is 1. The number of anilines is 1. The molecular formula is C9H13IN4O2. The highest BCUT2D eigenvalue weighted by Gasteiger charge is 2.15. The molecule has 7 heteroatoms. The number of hydrogen-bond acceptors (Lipinski definition) is 4. The zero-order valence-electron chi connectivity index (χ0n) is 8.74. The molecule has 1 aromatic rings. The number of nitrogens with two attached hydrogens (primary N) is 2. The SMILES string of the molecule is CCOc1cccc(N(N)C(=O)NN)c1I. The number of carbonyl (C=O) groups excluding carboxylic acids is 1. The van der Waals surface area contributed by atoms with E-state index in [-0.39, 0.29) is 0 Å². The van der Waals surface area contributed by atoms with Crippen LogP contribution in [0.4, 0.5) is 10.5 Å². The fourth-order valence-electron chi connectivity index (χ4n) is 1.13. The molecule has 0 fully saturated rings. The Labute approximate surface area is 107 Å². The molecule has 0 aliphatic rings. The first-order chi connectivity index (χ1) is 7.61. The summed E-state index contributed by atoms with van der Waals surface area (Å²) in [6.45, 7) is 2.43. The van der Waals surface area contributed by atoms with E-state index in [2.05, 4.69) is 22.6 Å². The molecule has 0 radical (unpaired) electrons. The molecule has 0 bridgehead atoms. The fourth-order valence-corrected chi connectivity index (χ4v) is 1.91. The predicted octanol–water partition coefficient (Wildman–Crippen LogP) is 0.953. The van der Waals surface area contributed by atoms with E-state index in [1.54, 1.807) is 12.1 Å². The van der Waals surface area contributed by atoms with E-state index in [0.29, 0.717) is 18.0 Å². The van der Waals surface area contributed by atoms with Gasteiger partial charge in [0.05, 0.1) is 15.9 Å². The topological polar surface area (TPSA) is 93.6 Å². The number of benzene rings is 1. The average molecular weight is 336 g/mol. The maximum absolute atomic E-state index is 11.3. The van der Waals surface area contributed by atoms with Gasteiger partial charge in [-0.3, -0.25) is 5.43 Å². The van der Waals surface area contributed by atoms with Crippen molar-refractivity contribution in [3.05, 3.63) is 21.8 Å². The monoisotopic (exact) mass is 336 g/mol. The first-order valence-electron chi connectivity index (χ1n) is 4.58. The second-order valence-corrected chi connectivity index (χ2v) is 3.92. The summed E-state index contributed by atoms with van der Waals surface area (Å²) in [5.41, 5.74) is 2.50. The summed E-state index contributed by atoms with van der Waals surface area (Å²) in [5.74, 6) is 11.3. The van der Waals surface area contributed by atoms with Gasteiger partial charge in [0.1, 0.15) is 5.75 Å². The second-order valence-electron chi connectivity index (χ2n) is 2.84. The van der Waals surface area contributed by atoms with Crippen LogP contribution >= 0.6 is 22.6 Å². The average Bonchev–Trinajstić information content (AvgIpc) is 2.30. The van der Waals surface area contributed by atoms with Gasteiger partial charge < -0.3 is 4.74 Å². The normalized spacial score (nSPS) is 9.75. The number of hydrazine groups is 2. The van der Waals surface area contributed by atoms with E-state index in [1.807, 2.05) is 18.4 Å². The van der Waals surface area contributed by atoms with Crippen LogP contribution in [0.2, 0.25) is 0 Å². The summed E-state index contributed by atoms with van der Waals surface area (Å²) < 4.78 is 6.15. The molecule has 16 heavy (non-hydrogen) atoms. The lowest BCUT2D eigenvalue weighted by atomic mass is 10.3. The minimum Gasteiger partial charge on any atom is -0.493 e. The van der Waals surface area contributed by atoms with Crippen LogP contribution in [-0.4, -0.2) is 12.6 Å². The highest BCUT2D eigenvalue weighted by atomic mass is 127. The van der Waals surface area contributed by atoms with Crippen molar-refractivity contribution < 1.29 is 9.53 Å². The molecular weight excluding hydrogens is 323 g/mol. The number of halogens is 1. The third-order valence-corrected chi connectivity index (χ3v) is 2.93. The van der Waals surface area contributed by atoms with E-state index in [9.17, 15) is 4.79 Å². The van der Waals surface area contributed by atoms with Crippen molar-refractivity contribution in [1.29, 1.82) is 0 Å². The Morgan fingerprint density at radius 2 is 2.31 bits per heavy atom. The van der Waals surface area contributed by atoms with Gasteiger partial charge in [-0.15, -0.1) is 0 Å².